The minimum absolute atomic E-state index is 0.363. The van der Waals surface area contributed by atoms with Crippen molar-refractivity contribution in [1.29, 1.82) is 0 Å². The van der Waals surface area contributed by atoms with Crippen molar-refractivity contribution in [2.45, 2.75) is 13.3 Å². The van der Waals surface area contributed by atoms with E-state index in [0.29, 0.717) is 47.6 Å². The van der Waals surface area contributed by atoms with E-state index >= 15 is 0 Å². The standard InChI is InChI=1S/C13H17N5O3/c1-2-17(13(19)20)9-5-8-14-12-15-10-6-3-4-7-11(10)18(21)16-12/h3-4,6-7H,2,5,8-9H2,1H3,(H2-,14,15,16,19,20,21)/p+1. The quantitative estimate of drug-likeness (QED) is 0.549. The molecule has 0 bridgehead atoms. The minimum Gasteiger partial charge on any atom is -0.465 e. The summed E-state index contributed by atoms with van der Waals surface area (Å²) in [6.07, 6.45) is -0.299. The normalized spacial score (nSPS) is 10.5. The van der Waals surface area contributed by atoms with Gasteiger partial charge in [0.25, 0.3) is 5.95 Å². The van der Waals surface area contributed by atoms with Gasteiger partial charge in [0.2, 0.25) is 0 Å². The average molecular weight is 292 g/mol. The van der Waals surface area contributed by atoms with Crippen molar-refractivity contribution in [3.63, 3.8) is 0 Å². The predicted octanol–water partition coefficient (Wildman–Crippen LogP) is 1.28. The monoisotopic (exact) mass is 292 g/mol. The summed E-state index contributed by atoms with van der Waals surface area (Å²) in [5.41, 5.74) is 1.06. The van der Waals surface area contributed by atoms with E-state index in [0.717, 1.165) is 0 Å². The van der Waals surface area contributed by atoms with Gasteiger partial charge in [-0.05, 0) is 19.4 Å². The predicted molar refractivity (Wildman–Crippen MR) is 77.8 cm³/mol. The number of hydrogen-bond donors (Lipinski definition) is 3. The van der Waals surface area contributed by atoms with Crippen LogP contribution in [0.2, 0.25) is 0 Å². The number of hydrogen-bond acceptors (Lipinski definition) is 4. The molecule has 21 heavy (non-hydrogen) atoms. The van der Waals surface area contributed by atoms with Crippen LogP contribution >= 0.6 is 0 Å². The molecular weight excluding hydrogens is 274 g/mol. The third-order valence-corrected chi connectivity index (χ3v) is 3.09. The summed E-state index contributed by atoms with van der Waals surface area (Å²) in [6, 6.07) is 7.02. The zero-order chi connectivity index (χ0) is 15.2. The molecule has 2 aromatic rings. The molecule has 8 nitrogen and oxygen atoms in total. The highest BCUT2D eigenvalue weighted by molar-refractivity contribution is 5.70. The Kier molecular flexibility index (Phi) is 4.70. The van der Waals surface area contributed by atoms with Crippen LogP contribution in [0.25, 0.3) is 11.0 Å². The zero-order valence-electron chi connectivity index (χ0n) is 11.7. The fourth-order valence-corrected chi connectivity index (χ4v) is 1.98. The second kappa shape index (κ2) is 6.69. The molecule has 0 aliphatic heterocycles. The molecule has 0 aliphatic carbocycles. The molecule has 8 heteroatoms. The number of aromatic nitrogens is 3. The van der Waals surface area contributed by atoms with Crippen molar-refractivity contribution >= 4 is 23.1 Å². The maximum Gasteiger partial charge on any atom is 0.407 e. The van der Waals surface area contributed by atoms with Crippen LogP contribution in [0.3, 0.4) is 0 Å². The summed E-state index contributed by atoms with van der Waals surface area (Å²) in [5, 5.41) is 14.5. The number of aromatic amines is 1. The highest BCUT2D eigenvalue weighted by Crippen LogP contribution is 2.06. The lowest BCUT2D eigenvalue weighted by Gasteiger charge is -2.16. The third kappa shape index (κ3) is 3.68. The molecule has 2 rings (SSSR count). The molecule has 0 fully saturated rings. The van der Waals surface area contributed by atoms with E-state index in [2.05, 4.69) is 15.4 Å². The number of anilines is 1. The highest BCUT2D eigenvalue weighted by Gasteiger charge is 2.11. The van der Waals surface area contributed by atoms with E-state index in [1.54, 1.807) is 25.1 Å². The zero-order valence-corrected chi connectivity index (χ0v) is 11.7. The molecule has 0 saturated heterocycles. The smallest absolute Gasteiger partial charge is 0.407 e. The number of nitrogens with zero attached hydrogens (tertiary/aromatic N) is 3. The van der Waals surface area contributed by atoms with E-state index in [1.165, 1.54) is 4.90 Å². The number of amides is 1. The second-order valence-corrected chi connectivity index (χ2v) is 4.50. The summed E-state index contributed by atoms with van der Waals surface area (Å²) >= 11 is 0. The van der Waals surface area contributed by atoms with Gasteiger partial charge in [-0.15, -0.1) is 0 Å². The van der Waals surface area contributed by atoms with E-state index in [-0.39, 0.29) is 0 Å². The van der Waals surface area contributed by atoms with Gasteiger partial charge in [-0.25, -0.2) is 9.78 Å². The Bertz CT molecular complexity index is 685. The van der Waals surface area contributed by atoms with Crippen LogP contribution in [0.1, 0.15) is 13.3 Å². The Morgan fingerprint density at radius 1 is 1.48 bits per heavy atom. The van der Waals surface area contributed by atoms with Gasteiger partial charge in [0.15, 0.2) is 4.54 Å². The van der Waals surface area contributed by atoms with Crippen LogP contribution in [0.5, 0.6) is 0 Å². The molecule has 0 radical (unpaired) electrons. The molecule has 1 aromatic heterocycles. The Balaban J connectivity index is 1.95. The molecule has 1 heterocycles. The summed E-state index contributed by atoms with van der Waals surface area (Å²) in [5.74, 6) is 0.363. The highest BCUT2D eigenvalue weighted by atomic mass is 16.4. The van der Waals surface area contributed by atoms with Gasteiger partial charge >= 0.3 is 11.6 Å². The van der Waals surface area contributed by atoms with Crippen LogP contribution in [0.15, 0.2) is 24.3 Å². The molecule has 0 saturated carbocycles. The largest absolute Gasteiger partial charge is 0.465 e. The second-order valence-electron chi connectivity index (χ2n) is 4.50. The number of para-hydroxylation sites is 2. The van der Waals surface area contributed by atoms with E-state index in [1.807, 2.05) is 6.07 Å². The number of nitrogens with one attached hydrogen (secondary N) is 2. The molecule has 0 unspecified atom stereocenters. The van der Waals surface area contributed by atoms with Crippen molar-refractivity contribution in [2.24, 2.45) is 0 Å². The van der Waals surface area contributed by atoms with Crippen LogP contribution in [-0.2, 0) is 0 Å². The van der Waals surface area contributed by atoms with Crippen LogP contribution in [-0.4, -0.2) is 45.8 Å². The molecular formula is C13H18N5O3+. The lowest BCUT2D eigenvalue weighted by Crippen LogP contribution is -2.31. The fraction of sp³-hybridized carbons (Fsp3) is 0.385. The number of carbonyl (C=O) groups is 1. The van der Waals surface area contributed by atoms with Crippen molar-refractivity contribution in [3.05, 3.63) is 29.2 Å². The maximum absolute atomic E-state index is 11.8. The molecule has 0 spiro atoms. The summed E-state index contributed by atoms with van der Waals surface area (Å²) in [7, 11) is 0. The van der Waals surface area contributed by atoms with Crippen molar-refractivity contribution in [2.75, 3.05) is 25.0 Å². The van der Waals surface area contributed by atoms with Gasteiger partial charge in [-0.3, -0.25) is 0 Å². The van der Waals surface area contributed by atoms with Gasteiger partial charge in [0, 0.05) is 25.7 Å². The van der Waals surface area contributed by atoms with Gasteiger partial charge in [0.05, 0.1) is 4.91 Å². The fourth-order valence-electron chi connectivity index (χ4n) is 1.98. The third-order valence-electron chi connectivity index (χ3n) is 3.09. The first-order chi connectivity index (χ1) is 10.1. The summed E-state index contributed by atoms with van der Waals surface area (Å²) < 4.78 is 0.653. The molecule has 112 valence electrons. The van der Waals surface area contributed by atoms with Crippen LogP contribution in [0, 0.1) is 4.91 Å². The van der Waals surface area contributed by atoms with E-state index in [4.69, 9.17) is 5.11 Å². The SMILES string of the molecule is CCN(CCCNc1nc2ccccc2[n+](=O)[nH]1)C(=O)O. The Morgan fingerprint density at radius 2 is 2.24 bits per heavy atom. The maximum atomic E-state index is 11.8. The van der Waals surface area contributed by atoms with E-state index < -0.39 is 6.09 Å². The molecule has 0 aliphatic rings. The lowest BCUT2D eigenvalue weighted by atomic mass is 10.3. The summed E-state index contributed by atoms with van der Waals surface area (Å²) in [4.78, 5) is 28.2. The number of carboxylic acid groups (broad SMARTS) is 1. The van der Waals surface area contributed by atoms with Crippen LogP contribution in [0.4, 0.5) is 10.7 Å². The Morgan fingerprint density at radius 3 is 2.95 bits per heavy atom. The van der Waals surface area contributed by atoms with Crippen molar-refractivity contribution in [3.8, 4) is 0 Å². The van der Waals surface area contributed by atoms with Crippen molar-refractivity contribution in [1.82, 2.24) is 15.0 Å². The van der Waals surface area contributed by atoms with Crippen molar-refractivity contribution < 1.29 is 14.4 Å². The number of H-pyrrole nitrogens is 1. The number of benzene rings is 1. The molecule has 3 N–H and O–H groups in total. The molecule has 1 aromatic carbocycles. The first-order valence-electron chi connectivity index (χ1n) is 6.75. The Hall–Kier alpha value is -2.64. The topological polar surface area (TPSA) is 104 Å². The number of fused-ring (bicyclic) bond motifs is 1. The van der Waals surface area contributed by atoms with Gasteiger partial charge in [-0.1, -0.05) is 17.2 Å². The van der Waals surface area contributed by atoms with E-state index in [9.17, 15) is 9.70 Å². The summed E-state index contributed by atoms with van der Waals surface area (Å²) in [6.45, 7) is 3.20. The number of rotatable bonds is 6. The Labute approximate surface area is 121 Å². The average Bonchev–Trinajstić information content (AvgIpc) is 2.47. The molecule has 0 atom stereocenters. The van der Waals surface area contributed by atoms with Gasteiger partial charge in [0.1, 0.15) is 5.52 Å². The minimum atomic E-state index is -0.926. The lowest BCUT2D eigenvalue weighted by molar-refractivity contribution is -0.535. The molecule has 1 amide bonds. The first kappa shape index (κ1) is 14.8. The van der Waals surface area contributed by atoms with Gasteiger partial charge < -0.3 is 15.3 Å². The first-order valence-corrected chi connectivity index (χ1v) is 6.75. The van der Waals surface area contributed by atoms with Gasteiger partial charge in [-0.2, -0.15) is 0 Å². The van der Waals surface area contributed by atoms with Crippen LogP contribution < -0.4 is 9.86 Å².